The SMILES string of the molecule is CC1C=C2C=CC(C)C(CCc3cccc(=O)n3Cc3ccccc3)C2CC1. The van der Waals surface area contributed by atoms with Gasteiger partial charge in [-0.3, -0.25) is 4.79 Å². The van der Waals surface area contributed by atoms with E-state index in [1.807, 2.05) is 28.8 Å². The predicted molar refractivity (Wildman–Crippen MR) is 116 cm³/mol. The van der Waals surface area contributed by atoms with E-state index in [1.165, 1.54) is 18.4 Å². The van der Waals surface area contributed by atoms with Gasteiger partial charge in [-0.05, 0) is 66.6 Å². The summed E-state index contributed by atoms with van der Waals surface area (Å²) >= 11 is 0. The summed E-state index contributed by atoms with van der Waals surface area (Å²) in [6.45, 7) is 5.34. The topological polar surface area (TPSA) is 22.0 Å². The Balaban J connectivity index is 1.54. The highest BCUT2D eigenvalue weighted by Gasteiger charge is 2.32. The molecular formula is C26H31NO. The molecule has 2 aliphatic carbocycles. The molecule has 4 rings (SSSR count). The number of hydrogen-bond donors (Lipinski definition) is 0. The number of aromatic nitrogens is 1. The summed E-state index contributed by atoms with van der Waals surface area (Å²) in [5.41, 5.74) is 3.99. The van der Waals surface area contributed by atoms with Crippen LogP contribution in [-0.4, -0.2) is 4.57 Å². The van der Waals surface area contributed by atoms with Crippen molar-refractivity contribution >= 4 is 0 Å². The largest absolute Gasteiger partial charge is 0.308 e. The summed E-state index contributed by atoms with van der Waals surface area (Å²) in [6.07, 6.45) is 12.0. The van der Waals surface area contributed by atoms with Gasteiger partial charge in [-0.2, -0.15) is 0 Å². The maximum Gasteiger partial charge on any atom is 0.251 e. The van der Waals surface area contributed by atoms with Gasteiger partial charge in [-0.1, -0.05) is 68.5 Å². The number of aryl methyl sites for hydroxylation is 1. The lowest BCUT2D eigenvalue weighted by Gasteiger charge is -2.38. The highest BCUT2D eigenvalue weighted by Crippen LogP contribution is 2.43. The van der Waals surface area contributed by atoms with Crippen molar-refractivity contribution in [3.05, 3.63) is 93.9 Å². The number of rotatable bonds is 5. The highest BCUT2D eigenvalue weighted by atomic mass is 16.1. The van der Waals surface area contributed by atoms with Gasteiger partial charge >= 0.3 is 0 Å². The van der Waals surface area contributed by atoms with E-state index in [4.69, 9.17) is 0 Å². The third kappa shape index (κ3) is 4.06. The van der Waals surface area contributed by atoms with Gasteiger partial charge in [0, 0.05) is 11.8 Å². The van der Waals surface area contributed by atoms with Gasteiger partial charge in [0.15, 0.2) is 0 Å². The maximum absolute atomic E-state index is 12.6. The van der Waals surface area contributed by atoms with Crippen molar-refractivity contribution in [1.82, 2.24) is 4.57 Å². The average molecular weight is 374 g/mol. The zero-order valence-corrected chi connectivity index (χ0v) is 17.1. The van der Waals surface area contributed by atoms with Crippen LogP contribution >= 0.6 is 0 Å². The minimum atomic E-state index is 0.102. The molecule has 0 fully saturated rings. The molecule has 4 atom stereocenters. The number of pyridine rings is 1. The molecule has 0 bridgehead atoms. The van der Waals surface area contributed by atoms with Crippen LogP contribution in [0.3, 0.4) is 0 Å². The molecule has 0 saturated carbocycles. The van der Waals surface area contributed by atoms with Gasteiger partial charge in [-0.15, -0.1) is 0 Å². The number of allylic oxidation sites excluding steroid dienone is 4. The van der Waals surface area contributed by atoms with Crippen molar-refractivity contribution in [2.75, 3.05) is 0 Å². The number of nitrogens with zero attached hydrogens (tertiary/aromatic N) is 1. The zero-order chi connectivity index (χ0) is 19.5. The molecule has 0 N–H and O–H groups in total. The fourth-order valence-corrected chi connectivity index (χ4v) is 5.06. The third-order valence-electron chi connectivity index (χ3n) is 6.68. The molecule has 4 unspecified atom stereocenters. The molecule has 0 saturated heterocycles. The summed E-state index contributed by atoms with van der Waals surface area (Å²) in [5, 5.41) is 0. The number of hydrogen-bond acceptors (Lipinski definition) is 1. The first kappa shape index (κ1) is 19.0. The zero-order valence-electron chi connectivity index (χ0n) is 17.1. The molecule has 28 heavy (non-hydrogen) atoms. The van der Waals surface area contributed by atoms with Crippen molar-refractivity contribution in [3.8, 4) is 0 Å². The molecule has 2 aliphatic rings. The van der Waals surface area contributed by atoms with E-state index in [2.05, 4.69) is 50.3 Å². The first-order valence-corrected chi connectivity index (χ1v) is 10.7. The lowest BCUT2D eigenvalue weighted by atomic mass is 9.67. The van der Waals surface area contributed by atoms with E-state index in [0.29, 0.717) is 30.2 Å². The van der Waals surface area contributed by atoms with Gasteiger partial charge in [0.2, 0.25) is 0 Å². The average Bonchev–Trinajstić information content (AvgIpc) is 2.70. The van der Waals surface area contributed by atoms with Crippen LogP contribution in [-0.2, 0) is 13.0 Å². The van der Waals surface area contributed by atoms with Crippen LogP contribution in [0.5, 0.6) is 0 Å². The van der Waals surface area contributed by atoms with Crippen LogP contribution in [0.1, 0.15) is 44.4 Å². The smallest absolute Gasteiger partial charge is 0.251 e. The Labute approximate surface area is 168 Å². The van der Waals surface area contributed by atoms with E-state index in [0.717, 1.165) is 18.5 Å². The summed E-state index contributed by atoms with van der Waals surface area (Å²) in [6, 6.07) is 16.0. The second-order valence-electron chi connectivity index (χ2n) is 8.68. The van der Waals surface area contributed by atoms with E-state index < -0.39 is 0 Å². The highest BCUT2D eigenvalue weighted by molar-refractivity contribution is 5.29. The molecule has 2 heteroatoms. The molecular weight excluding hydrogens is 342 g/mol. The van der Waals surface area contributed by atoms with Crippen molar-refractivity contribution in [2.24, 2.45) is 23.7 Å². The molecule has 0 radical (unpaired) electrons. The Morgan fingerprint density at radius 3 is 2.64 bits per heavy atom. The van der Waals surface area contributed by atoms with Crippen molar-refractivity contribution < 1.29 is 0 Å². The first-order valence-electron chi connectivity index (χ1n) is 10.7. The first-order chi connectivity index (χ1) is 13.6. The third-order valence-corrected chi connectivity index (χ3v) is 6.68. The Morgan fingerprint density at radius 1 is 1.00 bits per heavy atom. The Kier molecular flexibility index (Phi) is 5.66. The second-order valence-corrected chi connectivity index (χ2v) is 8.68. The molecule has 1 aromatic heterocycles. The summed E-state index contributed by atoms with van der Waals surface area (Å²) in [5.74, 6) is 2.67. The Bertz CT molecular complexity index is 921. The Morgan fingerprint density at radius 2 is 1.82 bits per heavy atom. The predicted octanol–water partition coefficient (Wildman–Crippen LogP) is 5.62. The Hall–Kier alpha value is -2.35. The lowest BCUT2D eigenvalue weighted by Crippen LogP contribution is -2.30. The van der Waals surface area contributed by atoms with Crippen LogP contribution in [0.4, 0.5) is 0 Å². The number of fused-ring (bicyclic) bond motifs is 1. The summed E-state index contributed by atoms with van der Waals surface area (Å²) in [4.78, 5) is 12.6. The fourth-order valence-electron chi connectivity index (χ4n) is 5.06. The molecule has 0 aliphatic heterocycles. The van der Waals surface area contributed by atoms with Crippen LogP contribution in [0.25, 0.3) is 0 Å². The maximum atomic E-state index is 12.6. The summed E-state index contributed by atoms with van der Waals surface area (Å²) in [7, 11) is 0. The van der Waals surface area contributed by atoms with Crippen LogP contribution in [0, 0.1) is 23.7 Å². The van der Waals surface area contributed by atoms with E-state index in [1.54, 1.807) is 11.6 Å². The molecule has 2 aromatic rings. The van der Waals surface area contributed by atoms with Crippen LogP contribution in [0.2, 0.25) is 0 Å². The van der Waals surface area contributed by atoms with Crippen molar-refractivity contribution in [2.45, 2.75) is 46.1 Å². The minimum absolute atomic E-state index is 0.102. The molecule has 0 amide bonds. The van der Waals surface area contributed by atoms with E-state index >= 15 is 0 Å². The van der Waals surface area contributed by atoms with Gasteiger partial charge in [-0.25, -0.2) is 0 Å². The molecule has 1 aromatic carbocycles. The van der Waals surface area contributed by atoms with Gasteiger partial charge in [0.25, 0.3) is 5.56 Å². The summed E-state index contributed by atoms with van der Waals surface area (Å²) < 4.78 is 1.96. The van der Waals surface area contributed by atoms with E-state index in [-0.39, 0.29) is 5.56 Å². The lowest BCUT2D eigenvalue weighted by molar-refractivity contribution is 0.248. The minimum Gasteiger partial charge on any atom is -0.308 e. The van der Waals surface area contributed by atoms with E-state index in [9.17, 15) is 4.79 Å². The standard InChI is InChI=1S/C26H31NO/c1-19-11-15-25-22(17-19)13-12-20(2)24(25)16-14-23-9-6-10-26(28)27(23)18-21-7-4-3-5-8-21/h3-10,12-13,17,19-20,24-25H,11,14-16,18H2,1-2H3. The fraction of sp³-hybridized carbons (Fsp3) is 0.423. The van der Waals surface area contributed by atoms with Gasteiger partial charge in [0.1, 0.15) is 0 Å². The molecule has 146 valence electrons. The second kappa shape index (κ2) is 8.34. The van der Waals surface area contributed by atoms with Crippen molar-refractivity contribution in [3.63, 3.8) is 0 Å². The molecule has 1 heterocycles. The van der Waals surface area contributed by atoms with Crippen LogP contribution in [0.15, 0.2) is 77.1 Å². The quantitative estimate of drug-likeness (QED) is 0.666. The van der Waals surface area contributed by atoms with Gasteiger partial charge in [0.05, 0.1) is 6.54 Å². The normalized spacial score (nSPS) is 26.6. The number of benzene rings is 1. The van der Waals surface area contributed by atoms with Gasteiger partial charge < -0.3 is 4.57 Å². The van der Waals surface area contributed by atoms with Crippen LogP contribution < -0.4 is 5.56 Å². The molecule has 2 nitrogen and oxygen atoms in total. The monoisotopic (exact) mass is 373 g/mol. The molecule has 0 spiro atoms. The van der Waals surface area contributed by atoms with Crippen molar-refractivity contribution in [1.29, 1.82) is 0 Å².